The number of carbonyl (C=O) groups excluding carboxylic acids is 2. The third kappa shape index (κ3) is 8.13. The van der Waals surface area contributed by atoms with Gasteiger partial charge in [0.25, 0.3) is 0 Å². The molecule has 24 heavy (non-hydrogen) atoms. The highest BCUT2D eigenvalue weighted by atomic mass is 16.6. The van der Waals surface area contributed by atoms with Crippen molar-refractivity contribution in [2.24, 2.45) is 11.8 Å². The maximum Gasteiger partial charge on any atom is 0.408 e. The van der Waals surface area contributed by atoms with Crippen LogP contribution in [0.5, 0.6) is 0 Å². The Bertz CT molecular complexity index is 408. The van der Waals surface area contributed by atoms with Crippen LogP contribution < -0.4 is 5.32 Å². The van der Waals surface area contributed by atoms with Crippen LogP contribution in [-0.4, -0.2) is 34.7 Å². The van der Waals surface area contributed by atoms with Crippen molar-refractivity contribution in [3.63, 3.8) is 0 Å². The Balaban J connectivity index is 2.73. The molecule has 0 bridgehead atoms. The van der Waals surface area contributed by atoms with Gasteiger partial charge in [0.05, 0.1) is 6.04 Å². The molecule has 0 saturated heterocycles. The number of nitrogens with one attached hydrogen (secondary N) is 1. The van der Waals surface area contributed by atoms with Crippen molar-refractivity contribution in [1.29, 1.82) is 0 Å². The summed E-state index contributed by atoms with van der Waals surface area (Å²) in [7, 11) is 0. The molecular weight excluding hydrogens is 306 g/mol. The summed E-state index contributed by atoms with van der Waals surface area (Å²) < 4.78 is 5.28. The van der Waals surface area contributed by atoms with Crippen molar-refractivity contribution < 1.29 is 19.4 Å². The minimum Gasteiger partial charge on any atom is -0.444 e. The van der Waals surface area contributed by atoms with Crippen LogP contribution in [0.4, 0.5) is 4.79 Å². The molecule has 1 fully saturated rings. The summed E-state index contributed by atoms with van der Waals surface area (Å²) in [6.07, 6.45) is 5.13. The Morgan fingerprint density at radius 3 is 2.25 bits per heavy atom. The molecule has 140 valence electrons. The first-order valence-corrected chi connectivity index (χ1v) is 9.29. The van der Waals surface area contributed by atoms with Gasteiger partial charge in [0, 0.05) is 0 Å². The van der Waals surface area contributed by atoms with Crippen LogP contribution in [0.15, 0.2) is 0 Å². The van der Waals surface area contributed by atoms with Gasteiger partial charge in [-0.2, -0.15) is 0 Å². The Morgan fingerprint density at radius 1 is 1.17 bits per heavy atom. The lowest BCUT2D eigenvalue weighted by Crippen LogP contribution is -2.48. The van der Waals surface area contributed by atoms with Gasteiger partial charge in [-0.1, -0.05) is 46.0 Å². The number of aliphatic hydroxyl groups excluding tert-OH is 1. The molecule has 0 spiro atoms. The molecule has 1 saturated carbocycles. The number of amides is 1. The molecule has 1 amide bonds. The van der Waals surface area contributed by atoms with Gasteiger partial charge in [-0.25, -0.2) is 4.79 Å². The van der Waals surface area contributed by atoms with Crippen LogP contribution >= 0.6 is 0 Å². The molecule has 0 aromatic carbocycles. The number of rotatable bonds is 7. The zero-order valence-corrected chi connectivity index (χ0v) is 15.9. The number of aliphatic hydroxyl groups is 1. The molecule has 1 rings (SSSR count). The minimum atomic E-state index is -1.03. The topological polar surface area (TPSA) is 75.6 Å². The summed E-state index contributed by atoms with van der Waals surface area (Å²) in [5, 5.41) is 12.9. The molecule has 5 nitrogen and oxygen atoms in total. The van der Waals surface area contributed by atoms with Crippen LogP contribution in [0, 0.1) is 11.8 Å². The lowest BCUT2D eigenvalue weighted by atomic mass is 9.83. The van der Waals surface area contributed by atoms with Crippen LogP contribution in [-0.2, 0) is 9.53 Å². The van der Waals surface area contributed by atoms with Crippen LogP contribution in [0.25, 0.3) is 0 Å². The van der Waals surface area contributed by atoms with Crippen molar-refractivity contribution in [3.05, 3.63) is 0 Å². The van der Waals surface area contributed by atoms with Gasteiger partial charge >= 0.3 is 6.09 Å². The predicted molar refractivity (Wildman–Crippen MR) is 94.8 cm³/mol. The molecule has 0 radical (unpaired) electrons. The van der Waals surface area contributed by atoms with E-state index in [4.69, 9.17) is 4.74 Å². The van der Waals surface area contributed by atoms with Crippen LogP contribution in [0.1, 0.15) is 79.6 Å². The number of alkyl carbamates (subject to hydrolysis) is 1. The van der Waals surface area contributed by atoms with Gasteiger partial charge in [0.1, 0.15) is 11.7 Å². The fourth-order valence-electron chi connectivity index (χ4n) is 3.25. The summed E-state index contributed by atoms with van der Waals surface area (Å²) >= 11 is 0. The minimum absolute atomic E-state index is 0.223. The van der Waals surface area contributed by atoms with E-state index in [0.29, 0.717) is 18.8 Å². The van der Waals surface area contributed by atoms with Crippen molar-refractivity contribution in [2.75, 3.05) is 0 Å². The van der Waals surface area contributed by atoms with E-state index in [1.54, 1.807) is 20.8 Å². The Labute approximate surface area is 146 Å². The highest BCUT2D eigenvalue weighted by molar-refractivity contribution is 5.90. The van der Waals surface area contributed by atoms with Gasteiger partial charge in [-0.3, -0.25) is 4.79 Å². The zero-order valence-electron chi connectivity index (χ0n) is 15.9. The second kappa shape index (κ2) is 9.40. The SMILES string of the molecule is CC(C)CC(O)C(=O)[C@H](CC1CCCCC1)NC(=O)OC(C)(C)C. The van der Waals surface area contributed by atoms with E-state index in [-0.39, 0.29) is 11.7 Å². The number of carbonyl (C=O) groups is 2. The number of Topliss-reactive ketones (excluding diaryl/α,β-unsaturated/α-hetero) is 1. The highest BCUT2D eigenvalue weighted by Crippen LogP contribution is 2.28. The standard InChI is InChI=1S/C19H35NO4/c1-13(2)11-16(21)17(22)15(12-14-9-7-6-8-10-14)20-18(23)24-19(3,4)5/h13-16,21H,6-12H2,1-5H3,(H,20,23)/t15-,16?/m0/s1. The average Bonchev–Trinajstić information content (AvgIpc) is 2.44. The molecular formula is C19H35NO4. The molecule has 5 heteroatoms. The highest BCUT2D eigenvalue weighted by Gasteiger charge is 2.31. The van der Waals surface area contributed by atoms with E-state index in [1.807, 2.05) is 13.8 Å². The summed E-state index contributed by atoms with van der Waals surface area (Å²) in [5.41, 5.74) is -0.612. The summed E-state index contributed by atoms with van der Waals surface area (Å²) in [6.45, 7) is 9.30. The van der Waals surface area contributed by atoms with Gasteiger partial charge < -0.3 is 15.2 Å². The van der Waals surface area contributed by atoms with Crippen molar-refractivity contribution in [1.82, 2.24) is 5.32 Å². The quantitative estimate of drug-likeness (QED) is 0.738. The number of hydrogen-bond donors (Lipinski definition) is 2. The fourth-order valence-corrected chi connectivity index (χ4v) is 3.25. The summed E-state index contributed by atoms with van der Waals surface area (Å²) in [4.78, 5) is 24.7. The number of ketones is 1. The normalized spacial score (nSPS) is 19.0. The Morgan fingerprint density at radius 2 is 1.75 bits per heavy atom. The van der Waals surface area contributed by atoms with Crippen LogP contribution in [0.2, 0.25) is 0 Å². The Kier molecular flexibility index (Phi) is 8.20. The zero-order chi connectivity index (χ0) is 18.3. The molecule has 0 aromatic rings. The molecule has 2 N–H and O–H groups in total. The smallest absolute Gasteiger partial charge is 0.408 e. The maximum atomic E-state index is 12.6. The number of ether oxygens (including phenoxy) is 1. The molecule has 0 aromatic heterocycles. The largest absolute Gasteiger partial charge is 0.444 e. The molecule has 2 atom stereocenters. The second-order valence-electron chi connectivity index (χ2n) is 8.49. The monoisotopic (exact) mass is 341 g/mol. The first kappa shape index (κ1) is 20.9. The predicted octanol–water partition coefficient (Wildman–Crippen LogP) is 3.83. The van der Waals surface area contributed by atoms with E-state index in [2.05, 4.69) is 5.32 Å². The lowest BCUT2D eigenvalue weighted by molar-refractivity contribution is -0.130. The van der Waals surface area contributed by atoms with Gasteiger partial charge in [-0.05, 0) is 45.4 Å². The molecule has 0 heterocycles. The second-order valence-corrected chi connectivity index (χ2v) is 8.49. The number of hydrogen-bond acceptors (Lipinski definition) is 4. The van der Waals surface area contributed by atoms with E-state index < -0.39 is 23.8 Å². The third-order valence-electron chi connectivity index (χ3n) is 4.35. The summed E-state index contributed by atoms with van der Waals surface area (Å²) in [6, 6.07) is -0.670. The molecule has 0 aliphatic heterocycles. The average molecular weight is 341 g/mol. The van der Waals surface area contributed by atoms with E-state index in [9.17, 15) is 14.7 Å². The van der Waals surface area contributed by atoms with E-state index in [1.165, 1.54) is 19.3 Å². The Hall–Kier alpha value is -1.10. The molecule has 1 unspecified atom stereocenters. The third-order valence-corrected chi connectivity index (χ3v) is 4.35. The molecule has 1 aliphatic rings. The van der Waals surface area contributed by atoms with E-state index in [0.717, 1.165) is 12.8 Å². The first-order valence-electron chi connectivity index (χ1n) is 9.29. The maximum absolute atomic E-state index is 12.6. The first-order chi connectivity index (χ1) is 11.1. The van der Waals surface area contributed by atoms with Crippen molar-refractivity contribution in [2.45, 2.75) is 97.3 Å². The van der Waals surface area contributed by atoms with Crippen molar-refractivity contribution in [3.8, 4) is 0 Å². The van der Waals surface area contributed by atoms with Crippen LogP contribution in [0.3, 0.4) is 0 Å². The summed E-state index contributed by atoms with van der Waals surface area (Å²) in [5.74, 6) is 0.356. The van der Waals surface area contributed by atoms with Gasteiger partial charge in [0.2, 0.25) is 0 Å². The fraction of sp³-hybridized carbons (Fsp3) is 0.895. The molecule has 1 aliphatic carbocycles. The van der Waals surface area contributed by atoms with E-state index >= 15 is 0 Å². The van der Waals surface area contributed by atoms with Crippen molar-refractivity contribution >= 4 is 11.9 Å². The van der Waals surface area contributed by atoms with Gasteiger partial charge in [0.15, 0.2) is 5.78 Å². The lowest BCUT2D eigenvalue weighted by Gasteiger charge is -2.29. The van der Waals surface area contributed by atoms with Gasteiger partial charge in [-0.15, -0.1) is 0 Å².